The first-order valence-electron chi connectivity index (χ1n) is 9.76. The first kappa shape index (κ1) is 20.2. The van der Waals surface area contributed by atoms with Crippen LogP contribution in [-0.2, 0) is 9.59 Å². The van der Waals surface area contributed by atoms with Crippen LogP contribution in [0.15, 0.2) is 23.4 Å². The second-order valence-electron chi connectivity index (χ2n) is 7.65. The topological polar surface area (TPSA) is 73.0 Å². The normalized spacial score (nSPS) is 21.7. The van der Waals surface area contributed by atoms with E-state index in [2.05, 4.69) is 5.32 Å². The van der Waals surface area contributed by atoms with E-state index in [-0.39, 0.29) is 23.6 Å². The van der Waals surface area contributed by atoms with Crippen LogP contribution in [0.25, 0.3) is 0 Å². The van der Waals surface area contributed by atoms with Crippen molar-refractivity contribution in [2.24, 2.45) is 0 Å². The SMILES string of the molecule is CN1C(=O)NC(c2cc(F)c(F)cc2F)C2=C1CN(CCCN1CCCC1=O)C2=O. The van der Waals surface area contributed by atoms with Crippen molar-refractivity contribution in [1.82, 2.24) is 20.0 Å². The van der Waals surface area contributed by atoms with Gasteiger partial charge in [0.05, 0.1) is 23.9 Å². The average molecular weight is 422 g/mol. The van der Waals surface area contributed by atoms with Gasteiger partial charge in [0.1, 0.15) is 5.82 Å². The number of hydrogen-bond acceptors (Lipinski definition) is 3. The van der Waals surface area contributed by atoms with E-state index >= 15 is 0 Å². The molecule has 3 aliphatic heterocycles. The molecule has 0 saturated carbocycles. The highest BCUT2D eigenvalue weighted by molar-refractivity contribution is 6.01. The molecule has 1 unspecified atom stereocenters. The van der Waals surface area contributed by atoms with Crippen molar-refractivity contribution in [1.29, 1.82) is 0 Å². The summed E-state index contributed by atoms with van der Waals surface area (Å²) >= 11 is 0. The Morgan fingerprint density at radius 3 is 2.43 bits per heavy atom. The van der Waals surface area contributed by atoms with E-state index in [1.54, 1.807) is 4.90 Å². The second-order valence-corrected chi connectivity index (χ2v) is 7.65. The van der Waals surface area contributed by atoms with Gasteiger partial charge < -0.3 is 15.1 Å². The fourth-order valence-electron chi connectivity index (χ4n) is 4.19. The number of rotatable bonds is 5. The van der Waals surface area contributed by atoms with E-state index in [1.807, 2.05) is 0 Å². The van der Waals surface area contributed by atoms with Gasteiger partial charge in [-0.1, -0.05) is 0 Å². The highest BCUT2D eigenvalue weighted by atomic mass is 19.2. The fraction of sp³-hybridized carbons (Fsp3) is 0.450. The molecule has 30 heavy (non-hydrogen) atoms. The number of carbonyl (C=O) groups is 3. The first-order chi connectivity index (χ1) is 14.3. The minimum absolute atomic E-state index is 0.101. The van der Waals surface area contributed by atoms with Crippen LogP contribution in [0.5, 0.6) is 0 Å². The Balaban J connectivity index is 1.55. The maximum Gasteiger partial charge on any atom is 0.322 e. The summed E-state index contributed by atoms with van der Waals surface area (Å²) in [5.41, 5.74) is 0.232. The van der Waals surface area contributed by atoms with Crippen LogP contribution in [0, 0.1) is 17.5 Å². The van der Waals surface area contributed by atoms with Crippen molar-refractivity contribution in [2.45, 2.75) is 25.3 Å². The molecule has 0 spiro atoms. The monoisotopic (exact) mass is 422 g/mol. The zero-order valence-electron chi connectivity index (χ0n) is 16.4. The number of likely N-dealkylation sites (tertiary alicyclic amines) is 1. The average Bonchev–Trinajstić information content (AvgIpc) is 3.25. The number of amides is 4. The summed E-state index contributed by atoms with van der Waals surface area (Å²) in [6, 6.07) is -0.711. The summed E-state index contributed by atoms with van der Waals surface area (Å²) in [5, 5.41) is 2.50. The number of likely N-dealkylation sites (N-methyl/N-ethyl adjacent to an activating group) is 1. The number of benzene rings is 1. The van der Waals surface area contributed by atoms with Gasteiger partial charge in [-0.3, -0.25) is 14.5 Å². The van der Waals surface area contributed by atoms with Gasteiger partial charge in [-0.15, -0.1) is 0 Å². The van der Waals surface area contributed by atoms with Crippen LogP contribution in [0.2, 0.25) is 0 Å². The molecule has 0 radical (unpaired) electrons. The van der Waals surface area contributed by atoms with Crippen molar-refractivity contribution in [3.63, 3.8) is 0 Å². The molecule has 1 aromatic carbocycles. The van der Waals surface area contributed by atoms with E-state index < -0.39 is 35.4 Å². The minimum atomic E-state index is -1.35. The summed E-state index contributed by atoms with van der Waals surface area (Å²) in [5.74, 6) is -3.96. The van der Waals surface area contributed by atoms with Crippen molar-refractivity contribution < 1.29 is 27.6 Å². The first-order valence-corrected chi connectivity index (χ1v) is 9.76. The Morgan fingerprint density at radius 2 is 1.73 bits per heavy atom. The largest absolute Gasteiger partial charge is 0.343 e. The van der Waals surface area contributed by atoms with Crippen molar-refractivity contribution in [2.75, 3.05) is 33.2 Å². The molecule has 0 bridgehead atoms. The molecule has 1 saturated heterocycles. The van der Waals surface area contributed by atoms with Crippen LogP contribution in [0.3, 0.4) is 0 Å². The highest BCUT2D eigenvalue weighted by Gasteiger charge is 2.43. The van der Waals surface area contributed by atoms with Crippen LogP contribution in [0.1, 0.15) is 30.9 Å². The summed E-state index contributed by atoms with van der Waals surface area (Å²) in [6.07, 6.45) is 1.93. The molecule has 3 heterocycles. The molecule has 1 fully saturated rings. The molecule has 10 heteroatoms. The molecule has 3 aliphatic rings. The predicted molar refractivity (Wildman–Crippen MR) is 99.4 cm³/mol. The second kappa shape index (κ2) is 7.66. The van der Waals surface area contributed by atoms with E-state index in [9.17, 15) is 27.6 Å². The van der Waals surface area contributed by atoms with Gasteiger partial charge in [0.15, 0.2) is 11.6 Å². The number of urea groups is 1. The summed E-state index contributed by atoms with van der Waals surface area (Å²) in [7, 11) is 1.49. The third kappa shape index (κ3) is 3.40. The van der Waals surface area contributed by atoms with Crippen molar-refractivity contribution in [3.05, 3.63) is 46.4 Å². The van der Waals surface area contributed by atoms with Crippen LogP contribution in [-0.4, -0.2) is 65.8 Å². The van der Waals surface area contributed by atoms with Gasteiger partial charge in [-0.05, 0) is 18.9 Å². The standard InChI is InChI=1S/C20H21F3N4O3/c1-25-15-10-27(7-3-6-26-5-2-4-16(26)28)19(29)17(15)18(24-20(25)30)11-8-13(22)14(23)9-12(11)21/h8-9,18H,2-7,10H2,1H3,(H,24,30). The van der Waals surface area contributed by atoms with Gasteiger partial charge in [-0.2, -0.15) is 0 Å². The number of carbonyl (C=O) groups excluding carboxylic acids is 3. The maximum atomic E-state index is 14.4. The van der Waals surface area contributed by atoms with E-state index in [4.69, 9.17) is 0 Å². The minimum Gasteiger partial charge on any atom is -0.343 e. The van der Waals surface area contributed by atoms with E-state index in [0.717, 1.165) is 6.42 Å². The Bertz CT molecular complexity index is 965. The molecular weight excluding hydrogens is 401 g/mol. The lowest BCUT2D eigenvalue weighted by molar-refractivity contribution is -0.127. The van der Waals surface area contributed by atoms with Crippen molar-refractivity contribution in [3.8, 4) is 0 Å². The fourth-order valence-corrected chi connectivity index (χ4v) is 4.19. The lowest BCUT2D eigenvalue weighted by Gasteiger charge is -2.31. The van der Waals surface area contributed by atoms with Crippen LogP contribution in [0.4, 0.5) is 18.0 Å². The Kier molecular flexibility index (Phi) is 5.17. The quantitative estimate of drug-likeness (QED) is 0.737. The molecule has 1 atom stereocenters. The molecule has 0 aliphatic carbocycles. The number of nitrogens with one attached hydrogen (secondary N) is 1. The Hall–Kier alpha value is -3.04. The summed E-state index contributed by atoms with van der Waals surface area (Å²) in [6.45, 7) is 1.74. The van der Waals surface area contributed by atoms with Crippen LogP contribution >= 0.6 is 0 Å². The van der Waals surface area contributed by atoms with Gasteiger partial charge in [-0.25, -0.2) is 18.0 Å². The Morgan fingerprint density at radius 1 is 1.03 bits per heavy atom. The predicted octanol–water partition coefficient (Wildman–Crippen LogP) is 1.91. The third-order valence-electron chi connectivity index (χ3n) is 5.81. The van der Waals surface area contributed by atoms with E-state index in [1.165, 1.54) is 16.8 Å². The van der Waals surface area contributed by atoms with Crippen molar-refractivity contribution >= 4 is 17.8 Å². The van der Waals surface area contributed by atoms with Gasteiger partial charge in [0, 0.05) is 44.7 Å². The lowest BCUT2D eigenvalue weighted by Crippen LogP contribution is -2.45. The third-order valence-corrected chi connectivity index (χ3v) is 5.81. The van der Waals surface area contributed by atoms with Gasteiger partial charge in [0.2, 0.25) is 5.91 Å². The molecule has 4 amide bonds. The van der Waals surface area contributed by atoms with Gasteiger partial charge >= 0.3 is 6.03 Å². The summed E-state index contributed by atoms with van der Waals surface area (Å²) in [4.78, 5) is 41.7. The molecule has 7 nitrogen and oxygen atoms in total. The number of halogens is 3. The zero-order valence-corrected chi connectivity index (χ0v) is 16.4. The van der Waals surface area contributed by atoms with Gasteiger partial charge in [0.25, 0.3) is 5.91 Å². The number of hydrogen-bond donors (Lipinski definition) is 1. The maximum absolute atomic E-state index is 14.4. The molecule has 0 aromatic heterocycles. The van der Waals surface area contributed by atoms with Crippen LogP contribution < -0.4 is 5.32 Å². The van der Waals surface area contributed by atoms with E-state index in [0.29, 0.717) is 50.3 Å². The smallest absolute Gasteiger partial charge is 0.322 e. The molecule has 1 N–H and O–H groups in total. The highest BCUT2D eigenvalue weighted by Crippen LogP contribution is 2.37. The molecule has 160 valence electrons. The Labute approximate surface area is 171 Å². The molecule has 4 rings (SSSR count). The molecular formula is C20H21F3N4O3. The lowest BCUT2D eigenvalue weighted by atomic mass is 9.95. The number of nitrogens with zero attached hydrogens (tertiary/aromatic N) is 3. The molecule has 1 aromatic rings. The zero-order chi connectivity index (χ0) is 21.6. The summed E-state index contributed by atoms with van der Waals surface area (Å²) < 4.78 is 41.5.